The van der Waals surface area contributed by atoms with E-state index in [1.54, 1.807) is 11.8 Å². The molecule has 0 radical (unpaired) electrons. The second-order valence-corrected chi connectivity index (χ2v) is 7.41. The summed E-state index contributed by atoms with van der Waals surface area (Å²) in [5, 5.41) is 2.54. The summed E-state index contributed by atoms with van der Waals surface area (Å²) >= 11 is 0. The number of amides is 2. The van der Waals surface area contributed by atoms with Crippen molar-refractivity contribution in [3.05, 3.63) is 35.4 Å². The number of rotatable bonds is 2. The number of benzene rings is 1. The van der Waals surface area contributed by atoms with Gasteiger partial charge in [0, 0.05) is 25.2 Å². The zero-order chi connectivity index (χ0) is 19.8. The van der Waals surface area contributed by atoms with Gasteiger partial charge < -0.3 is 10.2 Å². The summed E-state index contributed by atoms with van der Waals surface area (Å²) in [4.78, 5) is 28.8. The van der Waals surface area contributed by atoms with Crippen LogP contribution in [0.25, 0.3) is 0 Å². The van der Waals surface area contributed by atoms with Crippen LogP contribution in [0.4, 0.5) is 13.2 Å². The van der Waals surface area contributed by atoms with Gasteiger partial charge in [-0.15, -0.1) is 0 Å². The van der Waals surface area contributed by atoms with Crippen molar-refractivity contribution in [1.82, 2.24) is 15.1 Å². The van der Waals surface area contributed by atoms with Crippen LogP contribution in [0.2, 0.25) is 0 Å². The van der Waals surface area contributed by atoms with Crippen molar-refractivity contribution < 1.29 is 22.8 Å². The second-order valence-electron chi connectivity index (χ2n) is 7.41. The molecular weight excluding hydrogens is 359 g/mol. The summed E-state index contributed by atoms with van der Waals surface area (Å²) in [5.74, 6) is -1.39. The Kier molecular flexibility index (Phi) is 5.46. The SMILES string of the molecule is CC(NC(=O)C(=O)N1CCC2CCC(C1)N2C)c1cccc(C(F)(F)F)c1. The molecule has 2 heterocycles. The lowest BCUT2D eigenvalue weighted by molar-refractivity contribution is -0.146. The summed E-state index contributed by atoms with van der Waals surface area (Å²) in [5.41, 5.74) is -0.473. The van der Waals surface area contributed by atoms with Crippen molar-refractivity contribution in [3.8, 4) is 0 Å². The van der Waals surface area contributed by atoms with E-state index in [1.165, 1.54) is 12.1 Å². The molecule has 2 aliphatic rings. The van der Waals surface area contributed by atoms with Crippen LogP contribution in [-0.4, -0.2) is 53.8 Å². The van der Waals surface area contributed by atoms with Crippen LogP contribution in [0.15, 0.2) is 24.3 Å². The van der Waals surface area contributed by atoms with Gasteiger partial charge in [-0.1, -0.05) is 12.1 Å². The number of hydrogen-bond donors (Lipinski definition) is 1. The van der Waals surface area contributed by atoms with Crippen LogP contribution in [0, 0.1) is 0 Å². The smallest absolute Gasteiger partial charge is 0.341 e. The monoisotopic (exact) mass is 383 g/mol. The third-order valence-electron chi connectivity index (χ3n) is 5.69. The van der Waals surface area contributed by atoms with Crippen LogP contribution in [0.5, 0.6) is 0 Å². The van der Waals surface area contributed by atoms with Gasteiger partial charge in [-0.3, -0.25) is 14.5 Å². The highest BCUT2D eigenvalue weighted by molar-refractivity contribution is 6.35. The summed E-state index contributed by atoms with van der Waals surface area (Å²) in [7, 11) is 2.05. The average molecular weight is 383 g/mol. The highest BCUT2D eigenvalue weighted by Gasteiger charge is 2.37. The molecule has 0 saturated carbocycles. The van der Waals surface area contributed by atoms with Crippen molar-refractivity contribution >= 4 is 11.8 Å². The molecule has 0 aliphatic carbocycles. The molecule has 0 aromatic heterocycles. The molecule has 1 N–H and O–H groups in total. The Labute approximate surface area is 156 Å². The molecule has 2 amide bonds. The molecular formula is C19H24F3N3O2. The van der Waals surface area contributed by atoms with Crippen molar-refractivity contribution in [2.75, 3.05) is 20.1 Å². The van der Waals surface area contributed by atoms with E-state index in [-0.39, 0.29) is 6.04 Å². The highest BCUT2D eigenvalue weighted by atomic mass is 19.4. The topological polar surface area (TPSA) is 52.7 Å². The van der Waals surface area contributed by atoms with Crippen molar-refractivity contribution in [1.29, 1.82) is 0 Å². The molecule has 1 aromatic carbocycles. The number of hydrogen-bond acceptors (Lipinski definition) is 3. The first-order chi connectivity index (χ1) is 12.7. The predicted molar refractivity (Wildman–Crippen MR) is 93.8 cm³/mol. The van der Waals surface area contributed by atoms with Crippen LogP contribution in [-0.2, 0) is 15.8 Å². The summed E-state index contributed by atoms with van der Waals surface area (Å²) in [6.07, 6.45) is -1.50. The number of halogens is 3. The molecule has 8 heteroatoms. The third kappa shape index (κ3) is 4.26. The first kappa shape index (κ1) is 19.7. The number of fused-ring (bicyclic) bond motifs is 2. The maximum absolute atomic E-state index is 12.9. The lowest BCUT2D eigenvalue weighted by atomic mass is 10.0. The Balaban J connectivity index is 1.64. The molecule has 3 rings (SSSR count). The fourth-order valence-electron chi connectivity index (χ4n) is 3.96. The number of nitrogens with zero attached hydrogens (tertiary/aromatic N) is 2. The second kappa shape index (κ2) is 7.50. The van der Waals surface area contributed by atoms with Gasteiger partial charge in [-0.05, 0) is 50.9 Å². The van der Waals surface area contributed by atoms with Crippen LogP contribution in [0.3, 0.4) is 0 Å². The number of alkyl halides is 3. The first-order valence-corrected chi connectivity index (χ1v) is 9.15. The molecule has 1 aromatic rings. The molecule has 2 bridgehead atoms. The van der Waals surface area contributed by atoms with Crippen molar-refractivity contribution in [2.24, 2.45) is 0 Å². The average Bonchev–Trinajstić information content (AvgIpc) is 2.86. The van der Waals surface area contributed by atoms with Gasteiger partial charge in [0.05, 0.1) is 11.6 Å². The third-order valence-corrected chi connectivity index (χ3v) is 5.69. The Morgan fingerprint density at radius 1 is 1.19 bits per heavy atom. The lowest BCUT2D eigenvalue weighted by Gasteiger charge is -2.26. The Morgan fingerprint density at radius 2 is 1.89 bits per heavy atom. The number of likely N-dealkylation sites (tertiary alicyclic amines) is 1. The standard InChI is InChI=1S/C19H24F3N3O2/c1-12(13-4-3-5-14(10-13)19(20,21)22)23-17(26)18(27)25-9-8-15-6-7-16(11-25)24(15)2/h3-5,10,12,15-16H,6-9,11H2,1-2H3,(H,23,26). The summed E-state index contributed by atoms with van der Waals surface area (Å²) in [6, 6.07) is 4.78. The number of carbonyl (C=O) groups excluding carboxylic acids is 2. The largest absolute Gasteiger partial charge is 0.416 e. The van der Waals surface area contributed by atoms with Crippen LogP contribution >= 0.6 is 0 Å². The van der Waals surface area contributed by atoms with E-state index in [2.05, 4.69) is 10.2 Å². The number of likely N-dealkylation sites (N-methyl/N-ethyl adjacent to an activating group) is 1. The zero-order valence-electron chi connectivity index (χ0n) is 15.4. The van der Waals surface area contributed by atoms with E-state index in [0.717, 1.165) is 31.4 Å². The lowest BCUT2D eigenvalue weighted by Crippen LogP contribution is -2.47. The fourth-order valence-corrected chi connectivity index (χ4v) is 3.96. The minimum Gasteiger partial charge on any atom is -0.341 e. The fraction of sp³-hybridized carbons (Fsp3) is 0.579. The summed E-state index contributed by atoms with van der Waals surface area (Å²) < 4.78 is 38.6. The van der Waals surface area contributed by atoms with Gasteiger partial charge in [0.2, 0.25) is 0 Å². The van der Waals surface area contributed by atoms with Gasteiger partial charge in [0.25, 0.3) is 0 Å². The number of carbonyl (C=O) groups is 2. The van der Waals surface area contributed by atoms with Crippen LogP contribution < -0.4 is 5.32 Å². The van der Waals surface area contributed by atoms with Gasteiger partial charge in [0.1, 0.15) is 0 Å². The Hall–Kier alpha value is -2.09. The normalized spacial score (nSPS) is 24.4. The zero-order valence-corrected chi connectivity index (χ0v) is 15.4. The van der Waals surface area contributed by atoms with E-state index in [0.29, 0.717) is 24.7 Å². The molecule has 2 fully saturated rings. The maximum Gasteiger partial charge on any atom is 0.416 e. The van der Waals surface area contributed by atoms with E-state index in [1.807, 2.05) is 7.05 Å². The Bertz CT molecular complexity index is 722. The maximum atomic E-state index is 12.9. The van der Waals surface area contributed by atoms with Gasteiger partial charge in [0.15, 0.2) is 0 Å². The van der Waals surface area contributed by atoms with E-state index in [9.17, 15) is 22.8 Å². The molecule has 2 aliphatic heterocycles. The molecule has 27 heavy (non-hydrogen) atoms. The van der Waals surface area contributed by atoms with Gasteiger partial charge in [-0.2, -0.15) is 13.2 Å². The predicted octanol–water partition coefficient (Wildman–Crippen LogP) is 2.58. The minimum absolute atomic E-state index is 0.259. The first-order valence-electron chi connectivity index (χ1n) is 9.15. The van der Waals surface area contributed by atoms with E-state index >= 15 is 0 Å². The Morgan fingerprint density at radius 3 is 2.59 bits per heavy atom. The quantitative estimate of drug-likeness (QED) is 0.799. The van der Waals surface area contributed by atoms with E-state index in [4.69, 9.17) is 0 Å². The van der Waals surface area contributed by atoms with Gasteiger partial charge >= 0.3 is 18.0 Å². The van der Waals surface area contributed by atoms with Gasteiger partial charge in [-0.25, -0.2) is 0 Å². The van der Waals surface area contributed by atoms with Crippen LogP contribution in [0.1, 0.15) is 43.4 Å². The molecule has 3 unspecified atom stereocenters. The van der Waals surface area contributed by atoms with E-state index < -0.39 is 29.6 Å². The molecule has 5 nitrogen and oxygen atoms in total. The molecule has 2 saturated heterocycles. The van der Waals surface area contributed by atoms with Crippen molar-refractivity contribution in [2.45, 2.75) is 50.5 Å². The molecule has 0 spiro atoms. The molecule has 3 atom stereocenters. The summed E-state index contributed by atoms with van der Waals surface area (Å²) in [6.45, 7) is 2.60. The van der Waals surface area contributed by atoms with Crippen molar-refractivity contribution in [3.63, 3.8) is 0 Å². The highest BCUT2D eigenvalue weighted by Crippen LogP contribution is 2.31. The molecule has 148 valence electrons. The number of nitrogens with one attached hydrogen (secondary N) is 1. The minimum atomic E-state index is -4.45.